The largest absolute Gasteiger partial charge is 0.399 e. The molecule has 0 unspecified atom stereocenters. The van der Waals surface area contributed by atoms with Gasteiger partial charge in [-0.15, -0.1) is 0 Å². The fraction of sp³-hybridized carbons (Fsp3) is 0.100. The van der Waals surface area contributed by atoms with Crippen molar-refractivity contribution in [3.8, 4) is 0 Å². The van der Waals surface area contributed by atoms with Crippen molar-refractivity contribution >= 4 is 11.4 Å². The predicted molar refractivity (Wildman–Crippen MR) is 90.0 cm³/mol. The van der Waals surface area contributed by atoms with Gasteiger partial charge >= 0.3 is 0 Å². The Morgan fingerprint density at radius 2 is 0.909 bits per heavy atom. The van der Waals surface area contributed by atoms with Gasteiger partial charge in [-0.3, -0.25) is 0 Å². The first kappa shape index (κ1) is 11.9. The Bertz CT molecular complexity index is 850. The van der Waals surface area contributed by atoms with E-state index in [9.17, 15) is 0 Å². The molecule has 0 heterocycles. The van der Waals surface area contributed by atoms with Gasteiger partial charge in [-0.05, 0) is 57.6 Å². The zero-order chi connectivity index (χ0) is 14.8. The molecule has 106 valence electrons. The maximum absolute atomic E-state index is 6.06. The molecule has 3 aromatic rings. The van der Waals surface area contributed by atoms with Gasteiger partial charge in [0, 0.05) is 23.2 Å². The number of hydrogen-bond donors (Lipinski definition) is 2. The molecule has 2 bridgehead atoms. The molecule has 0 spiro atoms. The molecular formula is C20H16N2. The minimum Gasteiger partial charge on any atom is -0.399 e. The normalized spacial score (nSPS) is 20.2. The molecule has 0 amide bonds. The molecule has 0 saturated carbocycles. The van der Waals surface area contributed by atoms with Gasteiger partial charge in [0.25, 0.3) is 0 Å². The Kier molecular flexibility index (Phi) is 2.11. The van der Waals surface area contributed by atoms with E-state index in [1.54, 1.807) is 0 Å². The molecule has 2 heteroatoms. The van der Waals surface area contributed by atoms with Crippen molar-refractivity contribution in [1.82, 2.24) is 0 Å². The average molecular weight is 284 g/mol. The summed E-state index contributed by atoms with van der Waals surface area (Å²) in [5, 5.41) is 0. The molecule has 0 saturated heterocycles. The van der Waals surface area contributed by atoms with Gasteiger partial charge in [-0.1, -0.05) is 36.4 Å². The summed E-state index contributed by atoms with van der Waals surface area (Å²) in [5.74, 6) is 0.547. The summed E-state index contributed by atoms with van der Waals surface area (Å²) in [4.78, 5) is 0. The van der Waals surface area contributed by atoms with E-state index in [1.807, 2.05) is 12.1 Å². The Morgan fingerprint density at radius 3 is 1.36 bits per heavy atom. The number of benzene rings is 3. The lowest BCUT2D eigenvalue weighted by Gasteiger charge is -2.42. The minimum absolute atomic E-state index is 0.273. The summed E-state index contributed by atoms with van der Waals surface area (Å²) in [6, 6.07) is 21.4. The molecule has 22 heavy (non-hydrogen) atoms. The lowest BCUT2D eigenvalue weighted by atomic mass is 9.61. The average Bonchev–Trinajstić information content (AvgIpc) is 2.54. The number of rotatable bonds is 0. The Labute approximate surface area is 129 Å². The van der Waals surface area contributed by atoms with Crippen LogP contribution in [0.2, 0.25) is 0 Å². The van der Waals surface area contributed by atoms with Crippen LogP contribution in [-0.4, -0.2) is 0 Å². The second-order valence-corrected chi connectivity index (χ2v) is 6.27. The molecule has 2 nitrogen and oxygen atoms in total. The third-order valence-electron chi connectivity index (χ3n) is 5.08. The van der Waals surface area contributed by atoms with Crippen LogP contribution in [0.15, 0.2) is 60.7 Å². The third kappa shape index (κ3) is 1.34. The van der Waals surface area contributed by atoms with Crippen LogP contribution in [0.1, 0.15) is 45.2 Å². The monoisotopic (exact) mass is 284 g/mol. The predicted octanol–water partition coefficient (Wildman–Crippen LogP) is 3.84. The number of nitrogens with two attached hydrogens (primary N) is 2. The minimum atomic E-state index is 0.273. The highest BCUT2D eigenvalue weighted by atomic mass is 14.6. The van der Waals surface area contributed by atoms with Crippen molar-refractivity contribution in [2.75, 3.05) is 11.5 Å². The van der Waals surface area contributed by atoms with E-state index in [0.29, 0.717) is 0 Å². The molecule has 0 fully saturated rings. The first-order chi connectivity index (χ1) is 10.7. The standard InChI is InChI=1S/C20H16N2/c21-11-6-8-16-17(9-11)19-13-3-1-2-4-14(13)20(16)18-10-12(22)5-7-15(18)19/h1-10,19-20H,21-22H2/t19-,20-/m1/s1. The SMILES string of the molecule is Nc1ccc2c(c1)[C@@H]1c3ccccc3[C@H]2c2cc(N)ccc21. The highest BCUT2D eigenvalue weighted by Gasteiger charge is 2.40. The number of anilines is 2. The van der Waals surface area contributed by atoms with Gasteiger partial charge in [0.05, 0.1) is 0 Å². The zero-order valence-electron chi connectivity index (χ0n) is 12.1. The van der Waals surface area contributed by atoms with Gasteiger partial charge in [0.15, 0.2) is 0 Å². The van der Waals surface area contributed by atoms with Gasteiger partial charge in [-0.25, -0.2) is 0 Å². The van der Waals surface area contributed by atoms with Crippen molar-refractivity contribution in [1.29, 1.82) is 0 Å². The molecule has 6 rings (SSSR count). The van der Waals surface area contributed by atoms with E-state index in [0.717, 1.165) is 11.4 Å². The Balaban J connectivity index is 1.90. The van der Waals surface area contributed by atoms with Crippen LogP contribution in [-0.2, 0) is 0 Å². The molecule has 3 aliphatic rings. The second-order valence-electron chi connectivity index (χ2n) is 6.27. The quantitative estimate of drug-likeness (QED) is 0.424. The molecular weight excluding hydrogens is 268 g/mol. The maximum atomic E-state index is 6.06. The van der Waals surface area contributed by atoms with Crippen molar-refractivity contribution < 1.29 is 0 Å². The van der Waals surface area contributed by atoms with Crippen LogP contribution in [0.5, 0.6) is 0 Å². The smallest absolute Gasteiger partial charge is 0.0350 e. The van der Waals surface area contributed by atoms with Crippen LogP contribution < -0.4 is 11.5 Å². The van der Waals surface area contributed by atoms with E-state index in [4.69, 9.17) is 11.5 Å². The lowest BCUT2D eigenvalue weighted by Crippen LogP contribution is -2.27. The first-order valence-electron chi connectivity index (χ1n) is 7.61. The zero-order valence-corrected chi connectivity index (χ0v) is 12.1. The van der Waals surface area contributed by atoms with Gasteiger partial charge in [0.1, 0.15) is 0 Å². The van der Waals surface area contributed by atoms with E-state index in [2.05, 4.69) is 48.5 Å². The maximum Gasteiger partial charge on any atom is 0.0350 e. The van der Waals surface area contributed by atoms with Crippen LogP contribution >= 0.6 is 0 Å². The molecule has 3 aromatic carbocycles. The fourth-order valence-corrected chi connectivity index (χ4v) is 4.25. The highest BCUT2D eigenvalue weighted by molar-refractivity contribution is 5.71. The van der Waals surface area contributed by atoms with Crippen molar-refractivity contribution in [2.24, 2.45) is 0 Å². The summed E-state index contributed by atoms with van der Waals surface area (Å²) >= 11 is 0. The second kappa shape index (κ2) is 3.92. The van der Waals surface area contributed by atoms with E-state index in [1.165, 1.54) is 33.4 Å². The van der Waals surface area contributed by atoms with E-state index >= 15 is 0 Å². The lowest BCUT2D eigenvalue weighted by molar-refractivity contribution is 0.755. The van der Waals surface area contributed by atoms with Crippen LogP contribution in [0.25, 0.3) is 0 Å². The topological polar surface area (TPSA) is 52.0 Å². The molecule has 3 aliphatic carbocycles. The van der Waals surface area contributed by atoms with Crippen molar-refractivity contribution in [3.63, 3.8) is 0 Å². The first-order valence-corrected chi connectivity index (χ1v) is 7.61. The van der Waals surface area contributed by atoms with E-state index in [-0.39, 0.29) is 11.8 Å². The molecule has 2 atom stereocenters. The van der Waals surface area contributed by atoms with Crippen LogP contribution in [0.3, 0.4) is 0 Å². The van der Waals surface area contributed by atoms with Gasteiger partial charge < -0.3 is 11.5 Å². The summed E-state index contributed by atoms with van der Waals surface area (Å²) in [6.45, 7) is 0. The summed E-state index contributed by atoms with van der Waals surface area (Å²) in [5.41, 5.74) is 22.0. The number of nitrogen functional groups attached to an aromatic ring is 2. The van der Waals surface area contributed by atoms with Crippen molar-refractivity contribution in [3.05, 3.63) is 94.0 Å². The Morgan fingerprint density at radius 1 is 0.500 bits per heavy atom. The Hall–Kier alpha value is -2.74. The molecule has 0 aliphatic heterocycles. The fourth-order valence-electron chi connectivity index (χ4n) is 4.25. The van der Waals surface area contributed by atoms with Crippen molar-refractivity contribution in [2.45, 2.75) is 11.8 Å². The highest BCUT2D eigenvalue weighted by Crippen LogP contribution is 2.56. The van der Waals surface area contributed by atoms with Crippen LogP contribution in [0, 0.1) is 0 Å². The van der Waals surface area contributed by atoms with Crippen LogP contribution in [0.4, 0.5) is 11.4 Å². The third-order valence-corrected chi connectivity index (χ3v) is 5.08. The summed E-state index contributed by atoms with van der Waals surface area (Å²) in [7, 11) is 0. The molecule has 0 radical (unpaired) electrons. The van der Waals surface area contributed by atoms with E-state index < -0.39 is 0 Å². The molecule has 0 aromatic heterocycles. The summed E-state index contributed by atoms with van der Waals surface area (Å²) in [6.07, 6.45) is 0. The van der Waals surface area contributed by atoms with Gasteiger partial charge in [0.2, 0.25) is 0 Å². The number of hydrogen-bond acceptors (Lipinski definition) is 2. The molecule has 4 N–H and O–H groups in total. The summed E-state index contributed by atoms with van der Waals surface area (Å²) < 4.78 is 0. The van der Waals surface area contributed by atoms with Gasteiger partial charge in [-0.2, -0.15) is 0 Å².